The zero-order chi connectivity index (χ0) is 21.3. The molecule has 0 radical (unpaired) electrons. The summed E-state index contributed by atoms with van der Waals surface area (Å²) in [5.74, 6) is 2.23. The first-order chi connectivity index (χ1) is 14.6. The van der Waals surface area contributed by atoms with Crippen molar-refractivity contribution in [1.29, 1.82) is 0 Å². The van der Waals surface area contributed by atoms with Crippen molar-refractivity contribution in [2.24, 2.45) is 5.10 Å². The number of aryl methyl sites for hydroxylation is 2. The van der Waals surface area contributed by atoms with Crippen LogP contribution in [-0.4, -0.2) is 27.7 Å². The van der Waals surface area contributed by atoms with E-state index in [0.717, 1.165) is 36.2 Å². The van der Waals surface area contributed by atoms with Gasteiger partial charge in [0.05, 0.1) is 12.8 Å². The van der Waals surface area contributed by atoms with E-state index in [2.05, 4.69) is 53.4 Å². The lowest BCUT2D eigenvalue weighted by Gasteiger charge is -2.13. The molecule has 0 aliphatic carbocycles. The molecule has 0 saturated heterocycles. The lowest BCUT2D eigenvalue weighted by atomic mass is 10.2. The Bertz CT molecular complexity index is 1040. The molecule has 7 heteroatoms. The van der Waals surface area contributed by atoms with E-state index in [1.54, 1.807) is 10.9 Å². The van der Waals surface area contributed by atoms with E-state index in [4.69, 9.17) is 21.7 Å². The number of aromatic nitrogens is 3. The number of rotatable bonds is 10. The molecule has 0 unspecified atom stereocenters. The second-order valence-electron chi connectivity index (χ2n) is 7.02. The van der Waals surface area contributed by atoms with Crippen molar-refractivity contribution in [3.05, 3.63) is 69.8 Å². The van der Waals surface area contributed by atoms with Gasteiger partial charge in [0.2, 0.25) is 4.77 Å². The molecule has 1 heterocycles. The number of nitrogens with one attached hydrogen (secondary N) is 1. The number of hydrogen-bond donors (Lipinski definition) is 1. The number of H-pyrrole nitrogens is 1. The molecule has 3 aromatic rings. The quantitative estimate of drug-likeness (QED) is 0.347. The van der Waals surface area contributed by atoms with Crippen LogP contribution in [0.1, 0.15) is 49.2 Å². The van der Waals surface area contributed by atoms with Gasteiger partial charge in [0.15, 0.2) is 17.3 Å². The van der Waals surface area contributed by atoms with Gasteiger partial charge >= 0.3 is 0 Å². The molecular formula is C23H28N4O2S. The summed E-state index contributed by atoms with van der Waals surface area (Å²) in [4.78, 5) is 0. The SMILES string of the molecule is CCCCc1n[nH]c(=S)n1/N=C/c1ccc(OCc2ccc(C)cc2)c(OCC)c1. The van der Waals surface area contributed by atoms with Gasteiger partial charge in [-0.2, -0.15) is 14.9 Å². The number of aromatic amines is 1. The molecule has 1 aromatic heterocycles. The second kappa shape index (κ2) is 10.7. The second-order valence-corrected chi connectivity index (χ2v) is 7.41. The van der Waals surface area contributed by atoms with Crippen LogP contribution in [0, 0.1) is 11.7 Å². The molecule has 158 valence electrons. The molecule has 0 fully saturated rings. The van der Waals surface area contributed by atoms with Gasteiger partial charge < -0.3 is 9.47 Å². The van der Waals surface area contributed by atoms with Gasteiger partial charge in [0, 0.05) is 6.42 Å². The zero-order valence-corrected chi connectivity index (χ0v) is 18.5. The summed E-state index contributed by atoms with van der Waals surface area (Å²) in [5, 5.41) is 11.6. The van der Waals surface area contributed by atoms with Crippen molar-refractivity contribution < 1.29 is 9.47 Å². The van der Waals surface area contributed by atoms with Crippen LogP contribution in [0.5, 0.6) is 11.5 Å². The molecule has 6 nitrogen and oxygen atoms in total. The van der Waals surface area contributed by atoms with Crippen LogP contribution in [0.2, 0.25) is 0 Å². The highest BCUT2D eigenvalue weighted by molar-refractivity contribution is 7.71. The lowest BCUT2D eigenvalue weighted by molar-refractivity contribution is 0.269. The molecule has 3 rings (SSSR count). The van der Waals surface area contributed by atoms with E-state index >= 15 is 0 Å². The summed E-state index contributed by atoms with van der Waals surface area (Å²) in [6.45, 7) is 7.21. The Kier molecular flexibility index (Phi) is 7.79. The zero-order valence-electron chi connectivity index (χ0n) is 17.7. The largest absolute Gasteiger partial charge is 0.490 e. The standard InChI is InChI=1S/C23H28N4O2S/c1-4-6-7-22-25-26-23(30)27(22)24-15-19-12-13-20(21(14-19)28-5-2)29-16-18-10-8-17(3)9-11-18/h8-15H,4-7,16H2,1-3H3,(H,26,30)/b24-15+. The maximum Gasteiger partial charge on any atom is 0.216 e. The lowest BCUT2D eigenvalue weighted by Crippen LogP contribution is -2.01. The van der Waals surface area contributed by atoms with Gasteiger partial charge in [-0.3, -0.25) is 5.10 Å². The molecule has 0 atom stereocenters. The van der Waals surface area contributed by atoms with Gasteiger partial charge in [-0.25, -0.2) is 0 Å². The third kappa shape index (κ3) is 5.79. The summed E-state index contributed by atoms with van der Waals surface area (Å²) in [7, 11) is 0. The van der Waals surface area contributed by atoms with Crippen LogP contribution in [-0.2, 0) is 13.0 Å². The topological polar surface area (TPSA) is 64.4 Å². The highest BCUT2D eigenvalue weighted by Crippen LogP contribution is 2.29. The number of benzene rings is 2. The summed E-state index contributed by atoms with van der Waals surface area (Å²) >= 11 is 5.30. The van der Waals surface area contributed by atoms with Gasteiger partial charge in [-0.15, -0.1) is 0 Å². The monoisotopic (exact) mass is 424 g/mol. The van der Waals surface area contributed by atoms with E-state index in [1.165, 1.54) is 5.56 Å². The molecule has 2 aromatic carbocycles. The number of ether oxygens (including phenoxy) is 2. The van der Waals surface area contributed by atoms with E-state index in [9.17, 15) is 0 Å². The van der Waals surface area contributed by atoms with Crippen molar-refractivity contribution in [1.82, 2.24) is 14.9 Å². The van der Waals surface area contributed by atoms with Crippen LogP contribution in [0.15, 0.2) is 47.6 Å². The average Bonchev–Trinajstić information content (AvgIpc) is 3.10. The van der Waals surface area contributed by atoms with Crippen molar-refractivity contribution in [2.75, 3.05) is 6.61 Å². The number of unbranched alkanes of at least 4 members (excludes halogenated alkanes) is 1. The number of nitrogens with zero attached hydrogens (tertiary/aromatic N) is 3. The van der Waals surface area contributed by atoms with Gasteiger partial charge in [0.1, 0.15) is 6.61 Å². The molecule has 30 heavy (non-hydrogen) atoms. The maximum atomic E-state index is 6.00. The Hall–Kier alpha value is -2.93. The summed E-state index contributed by atoms with van der Waals surface area (Å²) in [5.41, 5.74) is 3.24. The van der Waals surface area contributed by atoms with E-state index < -0.39 is 0 Å². The molecule has 1 N–H and O–H groups in total. The molecule has 0 aliphatic rings. The fourth-order valence-electron chi connectivity index (χ4n) is 2.90. The smallest absolute Gasteiger partial charge is 0.216 e. The fraction of sp³-hybridized carbons (Fsp3) is 0.348. The summed E-state index contributed by atoms with van der Waals surface area (Å²) in [6.07, 6.45) is 4.71. The van der Waals surface area contributed by atoms with Crippen LogP contribution in [0.4, 0.5) is 0 Å². The van der Waals surface area contributed by atoms with Crippen LogP contribution < -0.4 is 9.47 Å². The predicted molar refractivity (Wildman–Crippen MR) is 122 cm³/mol. The Morgan fingerprint density at radius 2 is 1.90 bits per heavy atom. The third-order valence-corrected chi connectivity index (χ3v) is 4.84. The highest BCUT2D eigenvalue weighted by atomic mass is 32.1. The first-order valence-electron chi connectivity index (χ1n) is 10.3. The third-order valence-electron chi connectivity index (χ3n) is 4.58. The first-order valence-corrected chi connectivity index (χ1v) is 10.7. The molecule has 0 aliphatic heterocycles. The Labute approximate surface area is 182 Å². The molecular weight excluding hydrogens is 396 g/mol. The molecule has 0 spiro atoms. The Morgan fingerprint density at radius 3 is 2.63 bits per heavy atom. The van der Waals surface area contributed by atoms with Crippen molar-refractivity contribution in [2.45, 2.75) is 46.6 Å². The van der Waals surface area contributed by atoms with Crippen LogP contribution in [0.25, 0.3) is 0 Å². The van der Waals surface area contributed by atoms with Crippen molar-refractivity contribution >= 4 is 18.4 Å². The Balaban J connectivity index is 1.76. The van der Waals surface area contributed by atoms with E-state index in [0.29, 0.717) is 29.5 Å². The molecule has 0 saturated carbocycles. The Morgan fingerprint density at radius 1 is 1.10 bits per heavy atom. The normalized spacial score (nSPS) is 11.2. The van der Waals surface area contributed by atoms with Gasteiger partial charge in [0.25, 0.3) is 0 Å². The van der Waals surface area contributed by atoms with Crippen molar-refractivity contribution in [3.63, 3.8) is 0 Å². The van der Waals surface area contributed by atoms with E-state index in [-0.39, 0.29) is 0 Å². The minimum absolute atomic E-state index is 0.485. The summed E-state index contributed by atoms with van der Waals surface area (Å²) in [6, 6.07) is 14.1. The molecule has 0 amide bonds. The molecule has 0 bridgehead atoms. The average molecular weight is 425 g/mol. The van der Waals surface area contributed by atoms with Crippen LogP contribution in [0.3, 0.4) is 0 Å². The van der Waals surface area contributed by atoms with E-state index in [1.807, 2.05) is 25.1 Å². The first kappa shape index (κ1) is 21.8. The number of hydrogen-bond acceptors (Lipinski definition) is 5. The predicted octanol–water partition coefficient (Wildman–Crippen LogP) is 5.45. The fourth-order valence-corrected chi connectivity index (χ4v) is 3.10. The summed E-state index contributed by atoms with van der Waals surface area (Å²) < 4.78 is 13.9. The van der Waals surface area contributed by atoms with Crippen molar-refractivity contribution in [3.8, 4) is 11.5 Å². The van der Waals surface area contributed by atoms with Gasteiger partial charge in [-0.05, 0) is 61.8 Å². The minimum Gasteiger partial charge on any atom is -0.490 e. The minimum atomic E-state index is 0.485. The van der Waals surface area contributed by atoms with Gasteiger partial charge in [-0.1, -0.05) is 43.2 Å². The van der Waals surface area contributed by atoms with Crippen LogP contribution >= 0.6 is 12.2 Å². The maximum absolute atomic E-state index is 6.00. The highest BCUT2D eigenvalue weighted by Gasteiger charge is 2.08.